The van der Waals surface area contributed by atoms with Crippen LogP contribution in [0.1, 0.15) is 142 Å². The van der Waals surface area contributed by atoms with Crippen molar-refractivity contribution in [3.63, 3.8) is 0 Å². The lowest BCUT2D eigenvalue weighted by Crippen LogP contribution is -2.60. The molecule has 2 heteroatoms. The van der Waals surface area contributed by atoms with Gasteiger partial charge in [-0.05, 0) is 90.3 Å². The smallest absolute Gasteiger partial charge is 0.0133 e. The average Bonchev–Trinajstić information content (AvgIpc) is 2.75. The number of nitrogens with one attached hydrogen (secondary N) is 2. The van der Waals surface area contributed by atoms with Crippen molar-refractivity contribution in [2.45, 2.75) is 166 Å². The van der Waals surface area contributed by atoms with E-state index in [2.05, 4.69) is 108 Å². The predicted molar refractivity (Wildman–Crippen MR) is 166 cm³/mol. The first-order chi connectivity index (χ1) is 16.9. The molecule has 0 bridgehead atoms. The summed E-state index contributed by atoms with van der Waals surface area (Å²) in [4.78, 5) is 0. The Hall–Kier alpha value is -0.0800. The zero-order valence-corrected chi connectivity index (χ0v) is 27.9. The highest BCUT2D eigenvalue weighted by molar-refractivity contribution is 5.00. The Kier molecular flexibility index (Phi) is 12.1. The molecule has 0 aromatic carbocycles. The molecule has 6 unspecified atom stereocenters. The lowest BCUT2D eigenvalue weighted by molar-refractivity contribution is 0.0558. The fourth-order valence-electron chi connectivity index (χ4n) is 8.06. The zero-order valence-electron chi connectivity index (χ0n) is 27.9. The van der Waals surface area contributed by atoms with Crippen LogP contribution in [-0.2, 0) is 0 Å². The maximum Gasteiger partial charge on any atom is 0.0133 e. The lowest BCUT2D eigenvalue weighted by atomic mass is 9.66. The summed E-state index contributed by atoms with van der Waals surface area (Å²) in [5.74, 6) is 6.16. The Bertz CT molecular complexity index is 561. The molecule has 2 rings (SSSR count). The van der Waals surface area contributed by atoms with Crippen LogP contribution in [0.5, 0.6) is 0 Å². The van der Waals surface area contributed by atoms with Gasteiger partial charge in [-0.3, -0.25) is 0 Å². The topological polar surface area (TPSA) is 24.1 Å². The third-order valence-electron chi connectivity index (χ3n) is 10.8. The molecule has 220 valence electrons. The molecule has 0 aromatic rings. The van der Waals surface area contributed by atoms with E-state index in [1.165, 1.54) is 44.9 Å². The molecule has 0 aromatic heterocycles. The molecule has 0 saturated heterocycles. The summed E-state index contributed by atoms with van der Waals surface area (Å²) in [6, 6.07) is 2.29. The first-order valence-electron chi connectivity index (χ1n) is 16.5. The molecule has 0 aliphatic heterocycles. The highest BCUT2D eigenvalue weighted by atomic mass is 15.0. The minimum atomic E-state index is 0.229. The number of hydrogen-bond donors (Lipinski definition) is 2. The predicted octanol–water partition coefficient (Wildman–Crippen LogP) is 9.58. The molecule has 2 aliphatic carbocycles. The van der Waals surface area contributed by atoms with Gasteiger partial charge >= 0.3 is 0 Å². The Balaban J connectivity index is 2.38. The van der Waals surface area contributed by atoms with Gasteiger partial charge in [-0.2, -0.15) is 0 Å². The molecule has 0 heterocycles. The second kappa shape index (κ2) is 13.5. The molecule has 0 amide bonds. The highest BCUT2D eigenvalue weighted by Crippen LogP contribution is 2.42. The molecule has 2 nitrogen and oxygen atoms in total. The van der Waals surface area contributed by atoms with Crippen LogP contribution in [0.25, 0.3) is 0 Å². The molecule has 2 N–H and O–H groups in total. The highest BCUT2D eigenvalue weighted by Gasteiger charge is 2.43. The van der Waals surface area contributed by atoms with E-state index in [0.717, 1.165) is 47.3 Å². The monoisotopic (exact) mass is 519 g/mol. The van der Waals surface area contributed by atoms with Crippen molar-refractivity contribution < 1.29 is 0 Å². The summed E-state index contributed by atoms with van der Waals surface area (Å²) in [5, 5.41) is 8.85. The van der Waals surface area contributed by atoms with Gasteiger partial charge in [0, 0.05) is 24.2 Å². The Morgan fingerprint density at radius 3 is 0.919 bits per heavy atom. The van der Waals surface area contributed by atoms with E-state index in [1.54, 1.807) is 0 Å². The van der Waals surface area contributed by atoms with Crippen molar-refractivity contribution >= 4 is 0 Å². The summed E-state index contributed by atoms with van der Waals surface area (Å²) in [5.41, 5.74) is 0.459. The van der Waals surface area contributed by atoms with Gasteiger partial charge in [0.2, 0.25) is 0 Å². The van der Waals surface area contributed by atoms with Crippen LogP contribution in [-0.4, -0.2) is 24.2 Å². The van der Waals surface area contributed by atoms with Gasteiger partial charge in [0.05, 0.1) is 0 Å². The van der Waals surface area contributed by atoms with Crippen molar-refractivity contribution in [2.24, 2.45) is 58.2 Å². The fraction of sp³-hybridized carbons (Fsp3) is 1.00. The largest absolute Gasteiger partial charge is 0.310 e. The summed E-state index contributed by atoms with van der Waals surface area (Å²) in [7, 11) is 0. The zero-order chi connectivity index (χ0) is 28.3. The Morgan fingerprint density at radius 2 is 0.730 bits per heavy atom. The van der Waals surface area contributed by atoms with Gasteiger partial charge in [-0.1, -0.05) is 110 Å². The second-order valence-electron chi connectivity index (χ2n) is 17.0. The van der Waals surface area contributed by atoms with Gasteiger partial charge < -0.3 is 10.6 Å². The Labute approximate surface area is 234 Å². The van der Waals surface area contributed by atoms with Crippen LogP contribution in [0.4, 0.5) is 0 Å². The molecule has 2 saturated carbocycles. The van der Waals surface area contributed by atoms with Gasteiger partial charge in [-0.15, -0.1) is 0 Å². The lowest BCUT2D eigenvalue weighted by Gasteiger charge is -2.50. The van der Waals surface area contributed by atoms with E-state index < -0.39 is 0 Å². The minimum Gasteiger partial charge on any atom is -0.310 e. The van der Waals surface area contributed by atoms with Crippen molar-refractivity contribution in [3.8, 4) is 0 Å². The van der Waals surface area contributed by atoms with Crippen LogP contribution in [0.15, 0.2) is 0 Å². The van der Waals surface area contributed by atoms with E-state index in [9.17, 15) is 0 Å². The SMILES string of the molecule is CC(C)C1CCCC(C(C)C)C1NC(CC(NC1C(C(C)C)CCC[C@H]1C(C)C)C(C)(C)C)C(C)(C)C. The summed E-state index contributed by atoms with van der Waals surface area (Å²) >= 11 is 0. The average molecular weight is 519 g/mol. The van der Waals surface area contributed by atoms with Crippen molar-refractivity contribution in [1.29, 1.82) is 0 Å². The molecule has 7 atom stereocenters. The van der Waals surface area contributed by atoms with E-state index in [1.807, 2.05) is 0 Å². The molecule has 0 spiro atoms. The van der Waals surface area contributed by atoms with Crippen molar-refractivity contribution in [1.82, 2.24) is 10.6 Å². The van der Waals surface area contributed by atoms with Gasteiger partial charge in [0.1, 0.15) is 0 Å². The van der Waals surface area contributed by atoms with E-state index in [4.69, 9.17) is 0 Å². The van der Waals surface area contributed by atoms with Gasteiger partial charge in [0.25, 0.3) is 0 Å². The quantitative estimate of drug-likeness (QED) is 0.301. The third-order valence-corrected chi connectivity index (χ3v) is 10.8. The second-order valence-corrected chi connectivity index (χ2v) is 17.0. The normalized spacial score (nSPS) is 31.9. The third kappa shape index (κ3) is 8.96. The molecule has 0 radical (unpaired) electrons. The molecule has 2 fully saturated rings. The van der Waals surface area contributed by atoms with Crippen molar-refractivity contribution in [3.05, 3.63) is 0 Å². The van der Waals surface area contributed by atoms with E-state index in [-0.39, 0.29) is 10.8 Å². The first-order valence-corrected chi connectivity index (χ1v) is 16.5. The van der Waals surface area contributed by atoms with E-state index >= 15 is 0 Å². The van der Waals surface area contributed by atoms with Crippen LogP contribution >= 0.6 is 0 Å². The summed E-state index contributed by atoms with van der Waals surface area (Å²) < 4.78 is 0. The molecule has 37 heavy (non-hydrogen) atoms. The summed E-state index contributed by atoms with van der Waals surface area (Å²) in [6.45, 7) is 34.6. The van der Waals surface area contributed by atoms with Gasteiger partial charge in [0.15, 0.2) is 0 Å². The van der Waals surface area contributed by atoms with Gasteiger partial charge in [-0.25, -0.2) is 0 Å². The number of rotatable bonds is 10. The Morgan fingerprint density at radius 1 is 0.486 bits per heavy atom. The maximum absolute atomic E-state index is 4.43. The number of hydrogen-bond acceptors (Lipinski definition) is 2. The summed E-state index contributed by atoms with van der Waals surface area (Å²) in [6.07, 6.45) is 9.60. The molecule has 2 aliphatic rings. The van der Waals surface area contributed by atoms with Crippen LogP contribution in [0, 0.1) is 58.2 Å². The molecular weight excluding hydrogens is 448 g/mol. The standard InChI is InChI=1S/C35H70N2/c1-22(2)26-17-15-18-27(23(3)4)32(26)36-30(34(9,10)11)21-31(35(12,13)14)37-33-28(24(5)6)19-16-20-29(33)25(7)8/h22-33,36-37H,15-21H2,1-14H3/t26-,27?,28?,29?,30?,31?,32?,33?/m0/s1. The maximum atomic E-state index is 4.43. The fourth-order valence-corrected chi connectivity index (χ4v) is 8.06. The van der Waals surface area contributed by atoms with Crippen LogP contribution < -0.4 is 10.6 Å². The first kappa shape index (κ1) is 33.1. The van der Waals surface area contributed by atoms with Crippen LogP contribution in [0.3, 0.4) is 0 Å². The van der Waals surface area contributed by atoms with Crippen molar-refractivity contribution in [2.75, 3.05) is 0 Å². The van der Waals surface area contributed by atoms with Crippen LogP contribution in [0.2, 0.25) is 0 Å². The van der Waals surface area contributed by atoms with E-state index in [0.29, 0.717) is 24.2 Å². The molecular formula is C35H70N2. The minimum absolute atomic E-state index is 0.229.